The Morgan fingerprint density at radius 1 is 0.407 bits per heavy atom. The molecule has 0 spiro atoms. The van der Waals surface area contributed by atoms with Crippen molar-refractivity contribution >= 4 is 65.6 Å². The number of hydrogen-bond acceptors (Lipinski definition) is 1. The van der Waals surface area contributed by atoms with E-state index >= 15 is 0 Å². The Balaban J connectivity index is 1.14. The monoisotopic (exact) mass is 690 g/mol. The number of fused-ring (bicyclic) bond motifs is 13. The van der Waals surface area contributed by atoms with Gasteiger partial charge in [0.1, 0.15) is 11.2 Å². The number of furan rings is 1. The normalized spacial score (nSPS) is 13.5. The molecule has 3 nitrogen and oxygen atoms in total. The lowest BCUT2D eigenvalue weighted by atomic mass is 9.80. The number of rotatable bonds is 3. The second kappa shape index (κ2) is 10.6. The summed E-state index contributed by atoms with van der Waals surface area (Å²) in [6, 6.07) is 62.1. The first kappa shape index (κ1) is 29.7. The van der Waals surface area contributed by atoms with Gasteiger partial charge < -0.3 is 13.6 Å². The molecule has 1 aliphatic carbocycles. The van der Waals surface area contributed by atoms with Gasteiger partial charge in [0.15, 0.2) is 0 Å². The predicted molar refractivity (Wildman–Crippen MR) is 225 cm³/mol. The minimum Gasteiger partial charge on any atom is -0.456 e. The molecule has 3 heteroatoms. The van der Waals surface area contributed by atoms with E-state index in [-0.39, 0.29) is 5.41 Å². The first-order valence-corrected chi connectivity index (χ1v) is 18.8. The highest BCUT2D eigenvalue weighted by atomic mass is 16.3. The van der Waals surface area contributed by atoms with Gasteiger partial charge in [-0.05, 0) is 106 Å². The van der Waals surface area contributed by atoms with Crippen LogP contribution in [-0.2, 0) is 5.41 Å². The molecule has 0 aliphatic heterocycles. The molecule has 3 heterocycles. The van der Waals surface area contributed by atoms with E-state index in [0.29, 0.717) is 0 Å². The van der Waals surface area contributed by atoms with Crippen LogP contribution in [0.2, 0.25) is 0 Å². The summed E-state index contributed by atoms with van der Waals surface area (Å²) in [7, 11) is 0. The molecule has 0 atom stereocenters. The van der Waals surface area contributed by atoms with Crippen molar-refractivity contribution in [3.8, 4) is 33.6 Å². The molecule has 0 amide bonds. The van der Waals surface area contributed by atoms with Gasteiger partial charge in [0, 0.05) is 49.1 Å². The van der Waals surface area contributed by atoms with Crippen LogP contribution in [0.5, 0.6) is 0 Å². The highest BCUT2D eigenvalue weighted by Gasteiger charge is 2.38. The molecule has 3 aromatic heterocycles. The molecule has 0 N–H and O–H groups in total. The maximum Gasteiger partial charge on any atom is 0.136 e. The number of nitrogens with zero attached hydrogens (tertiary/aromatic N) is 2. The molecule has 12 rings (SSSR count). The third-order valence-corrected chi connectivity index (χ3v) is 12.1. The van der Waals surface area contributed by atoms with Crippen molar-refractivity contribution in [2.75, 3.05) is 0 Å². The van der Waals surface area contributed by atoms with Crippen LogP contribution in [0, 0.1) is 0 Å². The van der Waals surface area contributed by atoms with Crippen molar-refractivity contribution in [2.45, 2.75) is 19.3 Å². The van der Waals surface area contributed by atoms with Crippen LogP contribution in [0.25, 0.3) is 99.2 Å². The van der Waals surface area contributed by atoms with Gasteiger partial charge in [-0.1, -0.05) is 111 Å². The molecule has 1 aliphatic rings. The molecule has 54 heavy (non-hydrogen) atoms. The Bertz CT molecular complexity index is 3340. The molecule has 0 radical (unpaired) electrons. The highest BCUT2D eigenvalue weighted by Crippen LogP contribution is 2.53. The van der Waals surface area contributed by atoms with Crippen LogP contribution in [0.3, 0.4) is 0 Å². The van der Waals surface area contributed by atoms with E-state index in [1.165, 1.54) is 82.7 Å². The van der Waals surface area contributed by atoms with Crippen molar-refractivity contribution in [3.05, 3.63) is 181 Å². The Morgan fingerprint density at radius 3 is 1.76 bits per heavy atom. The van der Waals surface area contributed by atoms with E-state index in [1.807, 2.05) is 6.07 Å². The Labute approximate surface area is 311 Å². The number of hydrogen-bond donors (Lipinski definition) is 0. The fourth-order valence-electron chi connectivity index (χ4n) is 9.69. The van der Waals surface area contributed by atoms with Crippen LogP contribution < -0.4 is 0 Å². The quantitative estimate of drug-likeness (QED) is 0.181. The molecule has 254 valence electrons. The molecule has 8 aromatic carbocycles. The molecule has 0 bridgehead atoms. The topological polar surface area (TPSA) is 23.0 Å². The highest BCUT2D eigenvalue weighted by molar-refractivity contribution is 6.18. The van der Waals surface area contributed by atoms with E-state index in [9.17, 15) is 0 Å². The zero-order chi connectivity index (χ0) is 35.7. The summed E-state index contributed by atoms with van der Waals surface area (Å²) in [5.74, 6) is 0. The average Bonchev–Trinajstić information content (AvgIpc) is 3.92. The van der Waals surface area contributed by atoms with E-state index in [0.717, 1.165) is 27.6 Å². The van der Waals surface area contributed by atoms with Gasteiger partial charge in [0.2, 0.25) is 0 Å². The smallest absolute Gasteiger partial charge is 0.136 e. The third-order valence-electron chi connectivity index (χ3n) is 12.1. The van der Waals surface area contributed by atoms with Crippen LogP contribution >= 0.6 is 0 Å². The maximum atomic E-state index is 6.43. The lowest BCUT2D eigenvalue weighted by molar-refractivity contribution is 0.666. The second-order valence-corrected chi connectivity index (χ2v) is 15.3. The van der Waals surface area contributed by atoms with Crippen LogP contribution in [-0.4, -0.2) is 9.13 Å². The fraction of sp³-hybridized carbons (Fsp3) is 0.0588. The Hall–Kier alpha value is -6.84. The molecule has 0 saturated heterocycles. The summed E-state index contributed by atoms with van der Waals surface area (Å²) in [6.45, 7) is 4.78. The summed E-state index contributed by atoms with van der Waals surface area (Å²) in [4.78, 5) is 0. The summed E-state index contributed by atoms with van der Waals surface area (Å²) >= 11 is 0. The second-order valence-electron chi connectivity index (χ2n) is 15.3. The molecular weight excluding hydrogens is 657 g/mol. The molecule has 11 aromatic rings. The Morgan fingerprint density at radius 2 is 1.00 bits per heavy atom. The van der Waals surface area contributed by atoms with Gasteiger partial charge >= 0.3 is 0 Å². The lowest BCUT2D eigenvalue weighted by Crippen LogP contribution is -2.15. The molecule has 0 fully saturated rings. The summed E-state index contributed by atoms with van der Waals surface area (Å²) in [6.07, 6.45) is 0. The van der Waals surface area contributed by atoms with Crippen LogP contribution in [0.1, 0.15) is 25.0 Å². The van der Waals surface area contributed by atoms with Crippen molar-refractivity contribution < 1.29 is 4.42 Å². The first-order chi connectivity index (χ1) is 26.5. The summed E-state index contributed by atoms with van der Waals surface area (Å²) in [5.41, 5.74) is 16.7. The number of benzene rings is 8. The minimum absolute atomic E-state index is 0.141. The van der Waals surface area contributed by atoms with Crippen molar-refractivity contribution in [2.24, 2.45) is 0 Å². The van der Waals surface area contributed by atoms with E-state index in [2.05, 4.69) is 187 Å². The molecule has 0 unspecified atom stereocenters. The van der Waals surface area contributed by atoms with Gasteiger partial charge in [0.25, 0.3) is 0 Å². The van der Waals surface area contributed by atoms with Crippen molar-refractivity contribution in [1.29, 1.82) is 0 Å². The van der Waals surface area contributed by atoms with Crippen LogP contribution in [0.15, 0.2) is 174 Å². The first-order valence-electron chi connectivity index (χ1n) is 18.8. The minimum atomic E-state index is -0.141. The van der Waals surface area contributed by atoms with E-state index in [4.69, 9.17) is 4.42 Å². The van der Waals surface area contributed by atoms with E-state index in [1.54, 1.807) is 0 Å². The van der Waals surface area contributed by atoms with Gasteiger partial charge in [-0.25, -0.2) is 0 Å². The lowest BCUT2D eigenvalue weighted by Gasteiger charge is -2.22. The molecular formula is C51H34N2O. The zero-order valence-corrected chi connectivity index (χ0v) is 30.0. The van der Waals surface area contributed by atoms with Crippen LogP contribution in [0.4, 0.5) is 0 Å². The number of para-hydroxylation sites is 3. The van der Waals surface area contributed by atoms with Crippen molar-refractivity contribution in [1.82, 2.24) is 9.13 Å². The molecule has 0 saturated carbocycles. The maximum absolute atomic E-state index is 6.43. The number of aromatic nitrogens is 2. The largest absolute Gasteiger partial charge is 0.456 e. The van der Waals surface area contributed by atoms with E-state index < -0.39 is 0 Å². The third kappa shape index (κ3) is 3.91. The van der Waals surface area contributed by atoms with Crippen molar-refractivity contribution in [3.63, 3.8) is 0 Å². The standard InChI is InChI=1S/C51H34N2O/c1-51(2)42-19-11-9-17-35(42)37-23-26-45-49(50(37)51)41-28-32(22-25-44(41)52(45)33-13-5-3-6-14-33)31-21-24-43-38(27-31)39-30-48-40(36-18-10-12-20-47(36)54-48)29-46(39)53(43)34-15-7-4-8-16-34/h3-30H,1-2H3. The average molecular weight is 691 g/mol. The van der Waals surface area contributed by atoms with Gasteiger partial charge in [-0.15, -0.1) is 0 Å². The van der Waals surface area contributed by atoms with Gasteiger partial charge in [-0.2, -0.15) is 0 Å². The SMILES string of the molecule is CC1(C)c2ccccc2-c2ccc3c(c21)c1cc(-c2ccc4c(c2)c2cc5oc6ccccc6c5cc2n4-c2ccccc2)ccc1n3-c1ccccc1. The summed E-state index contributed by atoms with van der Waals surface area (Å²) in [5, 5.41) is 7.28. The predicted octanol–water partition coefficient (Wildman–Crippen LogP) is 13.8. The summed E-state index contributed by atoms with van der Waals surface area (Å²) < 4.78 is 11.3. The van der Waals surface area contributed by atoms with Gasteiger partial charge in [-0.3, -0.25) is 0 Å². The fourth-order valence-corrected chi connectivity index (χ4v) is 9.69. The zero-order valence-electron chi connectivity index (χ0n) is 30.0. The Kier molecular flexibility index (Phi) is 5.84. The van der Waals surface area contributed by atoms with Gasteiger partial charge in [0.05, 0.1) is 22.1 Å².